The largest absolute Gasteiger partial charge is 1.00 e. The van der Waals surface area contributed by atoms with Crippen LogP contribution in [0.5, 0.6) is 0 Å². The van der Waals surface area contributed by atoms with Gasteiger partial charge in [-0.3, -0.25) is 9.11 Å². The third kappa shape index (κ3) is 111. The Labute approximate surface area is 75.5 Å². The summed E-state index contributed by atoms with van der Waals surface area (Å²) in [6, 6.07) is 0. The van der Waals surface area contributed by atoms with Crippen molar-refractivity contribution in [2.75, 3.05) is 0 Å². The van der Waals surface area contributed by atoms with Crippen molar-refractivity contribution in [3.8, 4) is 0 Å². The minimum Gasteiger partial charge on any atom is -1.00 e. The van der Waals surface area contributed by atoms with Gasteiger partial charge in [-0.05, 0) is 0 Å². The fraction of sp³-hybridized carbons (Fsp3) is 0. The van der Waals surface area contributed by atoms with Gasteiger partial charge in [-0.1, -0.05) is 0 Å². The van der Waals surface area contributed by atoms with Gasteiger partial charge in [0, 0.05) is 17.1 Å². The van der Waals surface area contributed by atoms with Crippen LogP contribution in [0.4, 0.5) is 0 Å². The maximum atomic E-state index is 8.74. The van der Waals surface area contributed by atoms with E-state index < -0.39 is 10.4 Å². The summed E-state index contributed by atoms with van der Waals surface area (Å²) < 4.78 is 31.6. The zero-order valence-electron chi connectivity index (χ0n) is 4.50. The molecule has 0 saturated heterocycles. The molecule has 41 valence electrons. The van der Waals surface area contributed by atoms with Gasteiger partial charge in [-0.25, -0.2) is 0 Å². The van der Waals surface area contributed by atoms with Crippen LogP contribution in [0, 0.1) is 0 Å². The SMILES string of the molecule is O=S(=O)(O)O.[H-].[Mn].[Na+]. The Bertz CT molecular complexity index is 99.2. The molecule has 7 heavy (non-hydrogen) atoms. The van der Waals surface area contributed by atoms with E-state index in [9.17, 15) is 0 Å². The molecule has 0 aromatic heterocycles. The van der Waals surface area contributed by atoms with Crippen LogP contribution in [0.25, 0.3) is 0 Å². The van der Waals surface area contributed by atoms with Crippen molar-refractivity contribution in [2.24, 2.45) is 0 Å². The maximum Gasteiger partial charge on any atom is 1.00 e. The first-order chi connectivity index (χ1) is 2.00. The van der Waals surface area contributed by atoms with Gasteiger partial charge in [0.2, 0.25) is 0 Å². The molecule has 0 aromatic rings. The minimum absolute atomic E-state index is 0. The summed E-state index contributed by atoms with van der Waals surface area (Å²) >= 11 is 0. The fourth-order valence-corrected chi connectivity index (χ4v) is 0. The molecule has 0 rings (SSSR count). The average Bonchev–Trinajstić information content (AvgIpc) is 0.722. The summed E-state index contributed by atoms with van der Waals surface area (Å²) in [5.74, 6) is 0. The van der Waals surface area contributed by atoms with E-state index >= 15 is 0 Å². The molecule has 0 amide bonds. The van der Waals surface area contributed by atoms with Gasteiger partial charge >= 0.3 is 40.0 Å². The molecular formula is H3MnNaO4S. The molecule has 0 atom stereocenters. The molecule has 0 saturated carbocycles. The summed E-state index contributed by atoms with van der Waals surface area (Å²) in [5, 5.41) is 0. The van der Waals surface area contributed by atoms with Crippen LogP contribution in [0.15, 0.2) is 0 Å². The van der Waals surface area contributed by atoms with E-state index in [0.29, 0.717) is 0 Å². The van der Waals surface area contributed by atoms with E-state index in [1.165, 1.54) is 0 Å². The van der Waals surface area contributed by atoms with Crippen molar-refractivity contribution in [3.63, 3.8) is 0 Å². The zero-order chi connectivity index (χ0) is 4.50. The fourth-order valence-electron chi connectivity index (χ4n) is 0. The summed E-state index contributed by atoms with van der Waals surface area (Å²) in [6.07, 6.45) is 0. The number of hydrogen-bond acceptors (Lipinski definition) is 2. The molecule has 7 heteroatoms. The molecule has 0 aliphatic carbocycles. The van der Waals surface area contributed by atoms with Crippen LogP contribution in [0.2, 0.25) is 0 Å². The van der Waals surface area contributed by atoms with E-state index in [1.807, 2.05) is 0 Å². The predicted octanol–water partition coefficient (Wildman–Crippen LogP) is -3.54. The topological polar surface area (TPSA) is 74.6 Å². The molecule has 0 aliphatic rings. The number of rotatable bonds is 0. The molecule has 0 heterocycles. The summed E-state index contributed by atoms with van der Waals surface area (Å²) in [7, 11) is -4.67. The van der Waals surface area contributed by atoms with Crippen molar-refractivity contribution in [1.29, 1.82) is 0 Å². The Morgan fingerprint density at radius 1 is 1.29 bits per heavy atom. The van der Waals surface area contributed by atoms with Crippen molar-refractivity contribution in [1.82, 2.24) is 0 Å². The second-order valence-corrected chi connectivity index (χ2v) is 1.34. The molecule has 0 aromatic carbocycles. The standard InChI is InChI=1S/Mn.Na.H2O4S.H/c;;1-5(2,3)4;/h;;(H2,1,2,3,4);/q;+1;;-1. The molecule has 4 nitrogen and oxygen atoms in total. The molecule has 0 bridgehead atoms. The quantitative estimate of drug-likeness (QED) is 0.297. The van der Waals surface area contributed by atoms with Crippen molar-refractivity contribution >= 4 is 10.4 Å². The van der Waals surface area contributed by atoms with Crippen LogP contribution in [-0.4, -0.2) is 17.5 Å². The third-order valence-corrected chi connectivity index (χ3v) is 0. The number of hydrogen-bond donors (Lipinski definition) is 2. The second-order valence-electron chi connectivity index (χ2n) is 0.448. The van der Waals surface area contributed by atoms with Gasteiger partial charge in [-0.2, -0.15) is 8.42 Å². The van der Waals surface area contributed by atoms with Crippen molar-refractivity contribution in [3.05, 3.63) is 0 Å². The molecule has 0 spiro atoms. The van der Waals surface area contributed by atoms with E-state index in [4.69, 9.17) is 17.5 Å². The molecular weight excluding hydrogens is 174 g/mol. The van der Waals surface area contributed by atoms with E-state index in [1.54, 1.807) is 0 Å². The van der Waals surface area contributed by atoms with Gasteiger partial charge in [0.15, 0.2) is 0 Å². The Kier molecular flexibility index (Phi) is 12.4. The summed E-state index contributed by atoms with van der Waals surface area (Å²) in [4.78, 5) is 0. The first-order valence-electron chi connectivity index (χ1n) is 0.698. The van der Waals surface area contributed by atoms with Crippen LogP contribution < -0.4 is 29.6 Å². The van der Waals surface area contributed by atoms with E-state index in [2.05, 4.69) is 0 Å². The average molecular weight is 177 g/mol. The van der Waals surface area contributed by atoms with Gasteiger partial charge in [-0.15, -0.1) is 0 Å². The van der Waals surface area contributed by atoms with Crippen molar-refractivity contribution < 1.29 is 65.6 Å². The first kappa shape index (κ1) is 15.8. The van der Waals surface area contributed by atoms with Crippen LogP contribution >= 0.6 is 0 Å². The van der Waals surface area contributed by atoms with Gasteiger partial charge in [0.05, 0.1) is 0 Å². The molecule has 0 aliphatic heterocycles. The Morgan fingerprint density at radius 2 is 1.29 bits per heavy atom. The molecule has 2 N–H and O–H groups in total. The first-order valence-corrected chi connectivity index (χ1v) is 2.10. The predicted molar refractivity (Wildman–Crippen MR) is 15.3 cm³/mol. The Hall–Kier alpha value is 1.39. The third-order valence-electron chi connectivity index (χ3n) is 0. The Morgan fingerprint density at radius 3 is 1.29 bits per heavy atom. The van der Waals surface area contributed by atoms with E-state index in [0.717, 1.165) is 0 Å². The van der Waals surface area contributed by atoms with Gasteiger partial charge in [0.25, 0.3) is 0 Å². The maximum absolute atomic E-state index is 8.74. The Balaban J connectivity index is -0.0000000267. The minimum atomic E-state index is -4.67. The molecule has 0 fully saturated rings. The smallest absolute Gasteiger partial charge is 1.00 e. The monoisotopic (exact) mass is 177 g/mol. The summed E-state index contributed by atoms with van der Waals surface area (Å²) in [5.41, 5.74) is 0. The van der Waals surface area contributed by atoms with E-state index in [-0.39, 0.29) is 48.1 Å². The van der Waals surface area contributed by atoms with Gasteiger partial charge in [0.1, 0.15) is 0 Å². The zero-order valence-corrected chi connectivity index (χ0v) is 7.49. The molecule has 0 unspecified atom stereocenters. The van der Waals surface area contributed by atoms with Gasteiger partial charge < -0.3 is 1.43 Å². The molecule has 1 radical (unpaired) electrons. The van der Waals surface area contributed by atoms with Crippen LogP contribution in [-0.2, 0) is 27.5 Å². The van der Waals surface area contributed by atoms with Crippen molar-refractivity contribution in [2.45, 2.75) is 0 Å². The van der Waals surface area contributed by atoms with Crippen LogP contribution in [0.3, 0.4) is 0 Å². The van der Waals surface area contributed by atoms with Crippen LogP contribution in [0.1, 0.15) is 1.43 Å². The second kappa shape index (κ2) is 5.52. The normalized spacial score (nSPS) is 8.29. The summed E-state index contributed by atoms with van der Waals surface area (Å²) in [6.45, 7) is 0.